The minimum absolute atomic E-state index is 0.0181. The number of hydrogen-bond acceptors (Lipinski definition) is 4. The molecular weight excluding hydrogens is 322 g/mol. The van der Waals surface area contributed by atoms with Gasteiger partial charge in [-0.15, -0.1) is 0 Å². The normalized spacial score (nSPS) is 10.0. The summed E-state index contributed by atoms with van der Waals surface area (Å²) in [5.41, 5.74) is -0.810. The van der Waals surface area contributed by atoms with Crippen molar-refractivity contribution in [1.82, 2.24) is 0 Å². The molecule has 0 saturated heterocycles. The lowest BCUT2D eigenvalue weighted by Gasteiger charge is -2.09. The van der Waals surface area contributed by atoms with Crippen LogP contribution in [-0.2, 0) is 0 Å². The van der Waals surface area contributed by atoms with Crippen LogP contribution in [0.3, 0.4) is 0 Å². The third-order valence-electron chi connectivity index (χ3n) is 2.51. The molecule has 0 N–H and O–H groups in total. The number of nitrogens with zero attached hydrogens (tertiary/aromatic N) is 2. The first-order chi connectivity index (χ1) is 9.93. The van der Waals surface area contributed by atoms with E-state index in [1.807, 2.05) is 0 Å². The first-order valence-corrected chi connectivity index (χ1v) is 6.19. The van der Waals surface area contributed by atoms with Gasteiger partial charge in [0.15, 0.2) is 0 Å². The Hall–Kier alpha value is -2.36. The molecule has 8 heteroatoms. The van der Waals surface area contributed by atoms with Gasteiger partial charge >= 0.3 is 5.69 Å². The van der Waals surface area contributed by atoms with Crippen molar-refractivity contribution < 1.29 is 14.1 Å². The molecule has 0 amide bonds. The minimum atomic E-state index is -0.794. The van der Waals surface area contributed by atoms with Gasteiger partial charge in [-0.3, -0.25) is 10.1 Å². The average molecular weight is 327 g/mol. The fraction of sp³-hybridized carbons (Fsp3) is 0. The molecule has 0 fully saturated rings. The first kappa shape index (κ1) is 15.0. The van der Waals surface area contributed by atoms with Gasteiger partial charge in [0, 0.05) is 12.1 Å². The highest BCUT2D eigenvalue weighted by Gasteiger charge is 2.21. The zero-order chi connectivity index (χ0) is 15.6. The molecule has 2 aromatic rings. The third kappa shape index (κ3) is 3.05. The third-order valence-corrected chi connectivity index (χ3v) is 3.23. The molecule has 0 atom stereocenters. The molecule has 0 saturated carbocycles. The highest BCUT2D eigenvalue weighted by atomic mass is 35.5. The molecule has 0 bridgehead atoms. The lowest BCUT2D eigenvalue weighted by Crippen LogP contribution is -1.96. The van der Waals surface area contributed by atoms with E-state index in [2.05, 4.69) is 0 Å². The maximum absolute atomic E-state index is 13.5. The summed E-state index contributed by atoms with van der Waals surface area (Å²) in [4.78, 5) is 10.3. The van der Waals surface area contributed by atoms with E-state index in [0.29, 0.717) is 0 Å². The van der Waals surface area contributed by atoms with Crippen LogP contribution in [0.5, 0.6) is 11.5 Å². The molecule has 2 rings (SSSR count). The summed E-state index contributed by atoms with van der Waals surface area (Å²) in [6, 6.07) is 7.49. The van der Waals surface area contributed by atoms with E-state index in [1.54, 1.807) is 6.07 Å². The fourth-order valence-corrected chi connectivity index (χ4v) is 1.87. The topological polar surface area (TPSA) is 76.2 Å². The number of ether oxygens (including phenoxy) is 1. The second kappa shape index (κ2) is 5.95. The molecule has 0 aromatic heterocycles. The van der Waals surface area contributed by atoms with Crippen LogP contribution in [0, 0.1) is 27.3 Å². The Kier molecular flexibility index (Phi) is 4.26. The van der Waals surface area contributed by atoms with E-state index in [0.717, 1.165) is 18.2 Å². The van der Waals surface area contributed by atoms with Gasteiger partial charge in [0.2, 0.25) is 5.75 Å². The summed E-state index contributed by atoms with van der Waals surface area (Å²) in [6.45, 7) is 0. The lowest BCUT2D eigenvalue weighted by molar-refractivity contribution is -0.385. The highest BCUT2D eigenvalue weighted by Crippen LogP contribution is 2.38. The quantitative estimate of drug-likeness (QED) is 0.604. The average Bonchev–Trinajstić information content (AvgIpc) is 2.42. The Morgan fingerprint density at radius 3 is 2.52 bits per heavy atom. The number of nitro groups is 1. The lowest BCUT2D eigenvalue weighted by atomic mass is 10.2. The van der Waals surface area contributed by atoms with Crippen molar-refractivity contribution in [3.63, 3.8) is 0 Å². The molecule has 0 radical (unpaired) electrons. The van der Waals surface area contributed by atoms with E-state index < -0.39 is 16.4 Å². The molecule has 5 nitrogen and oxygen atoms in total. The van der Waals surface area contributed by atoms with Gasteiger partial charge in [-0.2, -0.15) is 5.26 Å². The van der Waals surface area contributed by atoms with Gasteiger partial charge in [0.25, 0.3) is 0 Å². The number of halogens is 3. The van der Waals surface area contributed by atoms with Crippen molar-refractivity contribution in [3.8, 4) is 17.6 Å². The molecule has 0 aliphatic carbocycles. The predicted molar refractivity (Wildman–Crippen MR) is 74.3 cm³/mol. The second-order valence-electron chi connectivity index (χ2n) is 3.82. The van der Waals surface area contributed by atoms with Crippen LogP contribution in [0.25, 0.3) is 0 Å². The number of hydrogen-bond donors (Lipinski definition) is 0. The SMILES string of the molecule is N#Cc1c(F)cccc1Oc1cc(Cl)c(Cl)cc1[N+](=O)[O-]. The fourth-order valence-electron chi connectivity index (χ4n) is 1.56. The Morgan fingerprint density at radius 2 is 1.90 bits per heavy atom. The molecular formula is C13H5Cl2FN2O3. The smallest absolute Gasteiger partial charge is 0.313 e. The second-order valence-corrected chi connectivity index (χ2v) is 4.63. The summed E-state index contributed by atoms with van der Waals surface area (Å²) in [7, 11) is 0. The predicted octanol–water partition coefficient (Wildman–Crippen LogP) is 4.70. The molecule has 0 unspecified atom stereocenters. The van der Waals surface area contributed by atoms with Crippen LogP contribution in [0.15, 0.2) is 30.3 Å². The van der Waals surface area contributed by atoms with Gasteiger partial charge in [0.1, 0.15) is 23.2 Å². The number of benzene rings is 2. The first-order valence-electron chi connectivity index (χ1n) is 5.44. The number of nitriles is 1. The van der Waals surface area contributed by atoms with Crippen LogP contribution in [0.1, 0.15) is 5.56 Å². The maximum Gasteiger partial charge on any atom is 0.313 e. The van der Waals surface area contributed by atoms with Crippen molar-refractivity contribution in [2.45, 2.75) is 0 Å². The van der Waals surface area contributed by atoms with Crippen molar-refractivity contribution in [1.29, 1.82) is 5.26 Å². The van der Waals surface area contributed by atoms with Gasteiger partial charge in [-0.05, 0) is 12.1 Å². The van der Waals surface area contributed by atoms with E-state index >= 15 is 0 Å². The molecule has 0 heterocycles. The van der Waals surface area contributed by atoms with Crippen LogP contribution < -0.4 is 4.74 Å². The van der Waals surface area contributed by atoms with Gasteiger partial charge < -0.3 is 4.74 Å². The number of rotatable bonds is 3. The van der Waals surface area contributed by atoms with Crippen LogP contribution >= 0.6 is 23.2 Å². The van der Waals surface area contributed by atoms with Crippen LogP contribution in [-0.4, -0.2) is 4.92 Å². The summed E-state index contributed by atoms with van der Waals surface area (Å²) in [5.74, 6) is -1.19. The number of nitro benzene ring substituents is 1. The molecule has 2 aromatic carbocycles. The van der Waals surface area contributed by atoms with Gasteiger partial charge in [-0.25, -0.2) is 4.39 Å². The van der Waals surface area contributed by atoms with E-state index in [-0.39, 0.29) is 27.1 Å². The molecule has 0 aliphatic rings. The molecule has 106 valence electrons. The van der Waals surface area contributed by atoms with E-state index in [9.17, 15) is 14.5 Å². The monoisotopic (exact) mass is 326 g/mol. The Labute approximate surface area is 128 Å². The standard InChI is InChI=1S/C13H5Cl2FN2O3/c14-8-4-11(18(19)20)13(5-9(8)15)21-12-3-1-2-10(16)7(12)6-17/h1-5H. The van der Waals surface area contributed by atoms with Crippen molar-refractivity contribution in [2.75, 3.05) is 0 Å². The molecule has 0 spiro atoms. The van der Waals surface area contributed by atoms with Crippen LogP contribution in [0.2, 0.25) is 10.0 Å². The summed E-state index contributed by atoms with van der Waals surface area (Å²) >= 11 is 11.5. The minimum Gasteiger partial charge on any atom is -0.449 e. The Balaban J connectivity index is 2.55. The van der Waals surface area contributed by atoms with E-state index in [4.69, 9.17) is 33.2 Å². The Morgan fingerprint density at radius 1 is 1.24 bits per heavy atom. The van der Waals surface area contributed by atoms with Gasteiger partial charge in [0.05, 0.1) is 15.0 Å². The largest absolute Gasteiger partial charge is 0.449 e. The Bertz CT molecular complexity index is 775. The molecule has 0 aliphatic heterocycles. The van der Waals surface area contributed by atoms with Crippen molar-refractivity contribution in [3.05, 3.63) is 61.9 Å². The summed E-state index contributed by atoms with van der Waals surface area (Å²) in [5, 5.41) is 19.9. The van der Waals surface area contributed by atoms with Crippen molar-refractivity contribution in [2.24, 2.45) is 0 Å². The zero-order valence-electron chi connectivity index (χ0n) is 10.1. The summed E-state index contributed by atoms with van der Waals surface area (Å²) in [6.07, 6.45) is 0. The van der Waals surface area contributed by atoms with E-state index in [1.165, 1.54) is 12.1 Å². The maximum atomic E-state index is 13.5. The van der Waals surface area contributed by atoms with Gasteiger partial charge in [-0.1, -0.05) is 29.3 Å². The summed E-state index contributed by atoms with van der Waals surface area (Å²) < 4.78 is 18.7. The van der Waals surface area contributed by atoms with Crippen LogP contribution in [0.4, 0.5) is 10.1 Å². The van der Waals surface area contributed by atoms with Crippen molar-refractivity contribution >= 4 is 28.9 Å². The molecule has 21 heavy (non-hydrogen) atoms. The zero-order valence-corrected chi connectivity index (χ0v) is 11.7. The highest BCUT2D eigenvalue weighted by molar-refractivity contribution is 6.42.